The Kier molecular flexibility index (Phi) is 2.92. The molecule has 84 valence electrons. The van der Waals surface area contributed by atoms with Crippen molar-refractivity contribution >= 4 is 46.4 Å². The van der Waals surface area contributed by atoms with Crippen molar-refractivity contribution < 1.29 is 0 Å². The molecule has 0 aliphatic carbocycles. The lowest BCUT2D eigenvalue weighted by atomic mass is 10.4. The van der Waals surface area contributed by atoms with Crippen molar-refractivity contribution in [1.29, 1.82) is 0 Å². The summed E-state index contributed by atoms with van der Waals surface area (Å²) in [4.78, 5) is 9.55. The highest BCUT2D eigenvalue weighted by Crippen LogP contribution is 2.31. The number of benzene rings is 1. The number of aromatic nitrogens is 4. The first-order chi connectivity index (χ1) is 8.33. The summed E-state index contributed by atoms with van der Waals surface area (Å²) >= 11 is 8.60. The Morgan fingerprint density at radius 1 is 1.00 bits per heavy atom. The van der Waals surface area contributed by atoms with E-state index in [0.29, 0.717) is 21.5 Å². The fourth-order valence-electron chi connectivity index (χ4n) is 1.27. The summed E-state index contributed by atoms with van der Waals surface area (Å²) < 4.78 is 8.04. The van der Waals surface area contributed by atoms with Crippen LogP contribution in [0.15, 0.2) is 40.3 Å². The van der Waals surface area contributed by atoms with Crippen molar-refractivity contribution in [2.75, 3.05) is 0 Å². The van der Waals surface area contributed by atoms with Gasteiger partial charge in [-0.1, -0.05) is 41.6 Å². The third-order valence-corrected chi connectivity index (χ3v) is 3.87. The van der Waals surface area contributed by atoms with E-state index >= 15 is 0 Å². The lowest BCUT2D eigenvalue weighted by Gasteiger charge is -2.01. The molecule has 0 aliphatic heterocycles. The summed E-state index contributed by atoms with van der Waals surface area (Å²) in [7, 11) is 0. The minimum atomic E-state index is 0.360. The molecule has 0 aliphatic rings. The average molecular weight is 281 g/mol. The standard InChI is InChI=1S/C10H5ClN4S2/c11-7-10(16-6-4-2-1-3-5-6)13-9-8(12-7)14-17-15-9/h1-5H. The molecule has 0 radical (unpaired) electrons. The molecule has 0 amide bonds. The summed E-state index contributed by atoms with van der Waals surface area (Å²) in [5.41, 5.74) is 1.04. The molecule has 0 bridgehead atoms. The zero-order chi connectivity index (χ0) is 11.7. The van der Waals surface area contributed by atoms with E-state index < -0.39 is 0 Å². The normalized spacial score (nSPS) is 10.9. The van der Waals surface area contributed by atoms with Gasteiger partial charge >= 0.3 is 0 Å². The Labute approximate surface area is 110 Å². The third kappa shape index (κ3) is 2.24. The Bertz CT molecular complexity index is 656. The van der Waals surface area contributed by atoms with Crippen LogP contribution >= 0.6 is 35.1 Å². The molecular weight excluding hydrogens is 276 g/mol. The second-order valence-electron chi connectivity index (χ2n) is 3.15. The highest BCUT2D eigenvalue weighted by atomic mass is 35.5. The lowest BCUT2D eigenvalue weighted by molar-refractivity contribution is 1.10. The van der Waals surface area contributed by atoms with Crippen LogP contribution in [0.25, 0.3) is 11.3 Å². The number of hydrogen-bond donors (Lipinski definition) is 0. The fourth-order valence-corrected chi connectivity index (χ4v) is 2.73. The zero-order valence-electron chi connectivity index (χ0n) is 8.37. The second-order valence-corrected chi connectivity index (χ2v) is 5.09. The Balaban J connectivity index is 2.02. The monoisotopic (exact) mass is 280 g/mol. The number of rotatable bonds is 2. The first-order valence-corrected chi connectivity index (χ1v) is 6.64. The molecule has 0 atom stereocenters. The van der Waals surface area contributed by atoms with Crippen LogP contribution in [0.5, 0.6) is 0 Å². The topological polar surface area (TPSA) is 51.6 Å². The van der Waals surface area contributed by atoms with E-state index in [4.69, 9.17) is 11.6 Å². The molecule has 0 N–H and O–H groups in total. The molecule has 7 heteroatoms. The summed E-state index contributed by atoms with van der Waals surface area (Å²) in [6.07, 6.45) is 0. The molecule has 2 heterocycles. The molecule has 3 rings (SSSR count). The first kappa shape index (κ1) is 10.9. The molecule has 0 spiro atoms. The van der Waals surface area contributed by atoms with E-state index in [1.807, 2.05) is 30.3 Å². The summed E-state index contributed by atoms with van der Waals surface area (Å²) in [6.45, 7) is 0. The van der Waals surface area contributed by atoms with Gasteiger partial charge in [-0.2, -0.15) is 8.75 Å². The summed E-state index contributed by atoms with van der Waals surface area (Å²) in [5.74, 6) is 0. The molecule has 3 aromatic rings. The average Bonchev–Trinajstić information content (AvgIpc) is 2.78. The van der Waals surface area contributed by atoms with Crippen LogP contribution in [0.4, 0.5) is 0 Å². The van der Waals surface area contributed by atoms with Gasteiger partial charge in [-0.15, -0.1) is 0 Å². The molecule has 0 fully saturated rings. The Morgan fingerprint density at radius 3 is 2.47 bits per heavy atom. The van der Waals surface area contributed by atoms with Crippen LogP contribution in [0, 0.1) is 0 Å². The van der Waals surface area contributed by atoms with E-state index in [1.54, 1.807) is 0 Å². The summed E-state index contributed by atoms with van der Waals surface area (Å²) in [5, 5.41) is 1.01. The molecule has 4 nitrogen and oxygen atoms in total. The Hall–Kier alpha value is -1.24. The van der Waals surface area contributed by atoms with Gasteiger partial charge in [0.2, 0.25) is 11.3 Å². The van der Waals surface area contributed by atoms with Gasteiger partial charge in [0, 0.05) is 4.90 Å². The van der Waals surface area contributed by atoms with Gasteiger partial charge in [0.05, 0.1) is 11.7 Å². The number of hydrogen-bond acceptors (Lipinski definition) is 6. The van der Waals surface area contributed by atoms with Gasteiger partial charge < -0.3 is 0 Å². The molecule has 0 saturated heterocycles. The molecular formula is C10H5ClN4S2. The predicted octanol–water partition coefficient (Wildman–Crippen LogP) is 3.29. The van der Waals surface area contributed by atoms with Gasteiger partial charge in [-0.3, -0.25) is 0 Å². The second kappa shape index (κ2) is 4.56. The SMILES string of the molecule is Clc1nc2nsnc2nc1Sc1ccccc1. The molecule has 17 heavy (non-hydrogen) atoms. The molecule has 0 saturated carbocycles. The number of nitrogens with zero attached hydrogens (tertiary/aromatic N) is 4. The smallest absolute Gasteiger partial charge is 0.214 e. The summed E-state index contributed by atoms with van der Waals surface area (Å²) in [6, 6.07) is 9.88. The van der Waals surface area contributed by atoms with Crippen LogP contribution in [-0.4, -0.2) is 18.7 Å². The highest BCUT2D eigenvalue weighted by Gasteiger charge is 2.10. The van der Waals surface area contributed by atoms with Crippen molar-refractivity contribution in [2.24, 2.45) is 0 Å². The highest BCUT2D eigenvalue weighted by molar-refractivity contribution is 7.99. The maximum absolute atomic E-state index is 6.05. The molecule has 1 aromatic carbocycles. The quantitative estimate of drug-likeness (QED) is 0.721. The van der Waals surface area contributed by atoms with Gasteiger partial charge in [-0.05, 0) is 12.1 Å². The number of halogens is 1. The van der Waals surface area contributed by atoms with E-state index in [2.05, 4.69) is 18.7 Å². The molecule has 2 aromatic heterocycles. The molecule has 0 unspecified atom stereocenters. The van der Waals surface area contributed by atoms with Crippen LogP contribution in [0.1, 0.15) is 0 Å². The van der Waals surface area contributed by atoms with Crippen molar-refractivity contribution in [3.63, 3.8) is 0 Å². The van der Waals surface area contributed by atoms with Crippen molar-refractivity contribution in [3.05, 3.63) is 35.5 Å². The van der Waals surface area contributed by atoms with Gasteiger partial charge in [0.25, 0.3) is 0 Å². The minimum Gasteiger partial charge on any atom is -0.214 e. The van der Waals surface area contributed by atoms with E-state index in [0.717, 1.165) is 16.6 Å². The fraction of sp³-hybridized carbons (Fsp3) is 0. The van der Waals surface area contributed by atoms with E-state index in [1.165, 1.54) is 11.8 Å². The minimum absolute atomic E-state index is 0.360. The maximum atomic E-state index is 6.05. The first-order valence-electron chi connectivity index (χ1n) is 4.71. The van der Waals surface area contributed by atoms with Gasteiger partial charge in [0.15, 0.2) is 5.15 Å². The van der Waals surface area contributed by atoms with Crippen LogP contribution in [0.2, 0.25) is 5.15 Å². The van der Waals surface area contributed by atoms with Crippen LogP contribution < -0.4 is 0 Å². The van der Waals surface area contributed by atoms with Crippen molar-refractivity contribution in [1.82, 2.24) is 18.7 Å². The van der Waals surface area contributed by atoms with Gasteiger partial charge in [-0.25, -0.2) is 9.97 Å². The van der Waals surface area contributed by atoms with E-state index in [-0.39, 0.29) is 0 Å². The lowest BCUT2D eigenvalue weighted by Crippen LogP contribution is -1.88. The van der Waals surface area contributed by atoms with Gasteiger partial charge in [0.1, 0.15) is 5.03 Å². The van der Waals surface area contributed by atoms with Crippen LogP contribution in [-0.2, 0) is 0 Å². The van der Waals surface area contributed by atoms with E-state index in [9.17, 15) is 0 Å². The Morgan fingerprint density at radius 2 is 1.71 bits per heavy atom. The number of fused-ring (bicyclic) bond motifs is 1. The third-order valence-electron chi connectivity index (χ3n) is 2.00. The zero-order valence-corrected chi connectivity index (χ0v) is 10.8. The van der Waals surface area contributed by atoms with Crippen molar-refractivity contribution in [2.45, 2.75) is 9.92 Å². The maximum Gasteiger partial charge on any atom is 0.214 e. The van der Waals surface area contributed by atoms with Crippen LogP contribution in [0.3, 0.4) is 0 Å². The predicted molar refractivity (Wildman–Crippen MR) is 68.6 cm³/mol. The van der Waals surface area contributed by atoms with Crippen molar-refractivity contribution in [3.8, 4) is 0 Å². The largest absolute Gasteiger partial charge is 0.214 e.